The van der Waals surface area contributed by atoms with Crippen molar-refractivity contribution in [2.45, 2.75) is 49.8 Å². The molecular weight excluding hydrogens is 264 g/mol. The van der Waals surface area contributed by atoms with Gasteiger partial charge in [0.1, 0.15) is 10.6 Å². The van der Waals surface area contributed by atoms with Crippen molar-refractivity contribution in [2.24, 2.45) is 0 Å². The van der Waals surface area contributed by atoms with Gasteiger partial charge in [-0.2, -0.15) is 4.98 Å². The number of carbonyl (C=O) groups excluding carboxylic acids is 1. The number of esters is 1. The van der Waals surface area contributed by atoms with Gasteiger partial charge in [-0.1, -0.05) is 12.8 Å². The summed E-state index contributed by atoms with van der Waals surface area (Å²) in [5.41, 5.74) is 0.517. The highest BCUT2D eigenvalue weighted by molar-refractivity contribution is 7.99. The molecule has 5 nitrogen and oxygen atoms in total. The average Bonchev–Trinajstić information content (AvgIpc) is 2.81. The van der Waals surface area contributed by atoms with Crippen LogP contribution in [0.5, 0.6) is 0 Å². The summed E-state index contributed by atoms with van der Waals surface area (Å²) in [6, 6.07) is 0. The van der Waals surface area contributed by atoms with Crippen LogP contribution in [0.1, 0.15) is 48.7 Å². The fraction of sp³-hybridized carbons (Fsp3) is 0.615. The van der Waals surface area contributed by atoms with E-state index in [0.717, 1.165) is 12.8 Å². The molecule has 0 bridgehead atoms. The van der Waals surface area contributed by atoms with E-state index in [-0.39, 0.29) is 0 Å². The van der Waals surface area contributed by atoms with E-state index in [1.807, 2.05) is 0 Å². The van der Waals surface area contributed by atoms with Gasteiger partial charge in [-0.25, -0.2) is 9.59 Å². The van der Waals surface area contributed by atoms with Gasteiger partial charge in [-0.15, -0.1) is 11.8 Å². The van der Waals surface area contributed by atoms with Gasteiger partial charge in [0.15, 0.2) is 0 Å². The largest absolute Gasteiger partial charge is 0.462 e. The molecule has 0 unspecified atom stereocenters. The minimum absolute atomic E-state index is 0.310. The minimum Gasteiger partial charge on any atom is -0.462 e. The van der Waals surface area contributed by atoms with Crippen LogP contribution in [0.15, 0.2) is 9.82 Å². The Balaban J connectivity index is 2.33. The third kappa shape index (κ3) is 3.37. The predicted octanol–water partition coefficient (Wildman–Crippen LogP) is 2.29. The molecule has 19 heavy (non-hydrogen) atoms. The number of thioether (sulfide) groups is 1. The van der Waals surface area contributed by atoms with Gasteiger partial charge >= 0.3 is 11.7 Å². The van der Waals surface area contributed by atoms with E-state index >= 15 is 0 Å². The summed E-state index contributed by atoms with van der Waals surface area (Å²) < 4.78 is 5.04. The van der Waals surface area contributed by atoms with Crippen LogP contribution in [0, 0.1) is 6.92 Å². The lowest BCUT2D eigenvalue weighted by Gasteiger charge is -2.12. The Morgan fingerprint density at radius 3 is 2.79 bits per heavy atom. The van der Waals surface area contributed by atoms with Gasteiger partial charge in [-0.3, -0.25) is 0 Å². The van der Waals surface area contributed by atoms with Gasteiger partial charge in [-0.05, 0) is 26.7 Å². The quantitative estimate of drug-likeness (QED) is 0.677. The second-order valence-electron chi connectivity index (χ2n) is 4.59. The summed E-state index contributed by atoms with van der Waals surface area (Å²) >= 11 is 1.53. The molecule has 2 rings (SSSR count). The van der Waals surface area contributed by atoms with Crippen LogP contribution in [-0.2, 0) is 4.74 Å². The zero-order valence-electron chi connectivity index (χ0n) is 11.2. The van der Waals surface area contributed by atoms with Crippen LogP contribution in [-0.4, -0.2) is 27.8 Å². The Kier molecular flexibility index (Phi) is 4.63. The standard InChI is InChI=1S/C13H18N2O3S/c1-3-18-12(16)10-8(2)14-13(17)15-11(10)19-9-6-4-5-7-9/h9H,3-7H2,1-2H3,(H,14,15,17). The topological polar surface area (TPSA) is 72.0 Å². The van der Waals surface area contributed by atoms with Gasteiger partial charge in [0.05, 0.1) is 6.61 Å². The highest BCUT2D eigenvalue weighted by Crippen LogP contribution is 2.35. The molecule has 1 aliphatic rings. The number of nitrogens with one attached hydrogen (secondary N) is 1. The normalized spacial score (nSPS) is 15.7. The molecular formula is C13H18N2O3S. The van der Waals surface area contributed by atoms with E-state index in [9.17, 15) is 9.59 Å². The summed E-state index contributed by atoms with van der Waals surface area (Å²) in [4.78, 5) is 30.0. The molecule has 0 atom stereocenters. The molecule has 0 spiro atoms. The summed E-state index contributed by atoms with van der Waals surface area (Å²) in [5, 5.41) is 0.952. The zero-order chi connectivity index (χ0) is 13.8. The molecule has 1 fully saturated rings. The Bertz CT molecular complexity index is 521. The number of nitrogens with zero attached hydrogens (tertiary/aromatic N) is 1. The summed E-state index contributed by atoms with van der Waals surface area (Å²) in [6.45, 7) is 3.77. The molecule has 104 valence electrons. The third-order valence-corrected chi connectivity index (χ3v) is 4.47. The summed E-state index contributed by atoms with van der Waals surface area (Å²) in [5.74, 6) is -0.413. The number of H-pyrrole nitrogens is 1. The van der Waals surface area contributed by atoms with Gasteiger partial charge in [0.2, 0.25) is 0 Å². The molecule has 1 aromatic rings. The number of hydrogen-bond donors (Lipinski definition) is 1. The van der Waals surface area contributed by atoms with Crippen LogP contribution in [0.3, 0.4) is 0 Å². The number of rotatable bonds is 4. The predicted molar refractivity (Wildman–Crippen MR) is 73.7 cm³/mol. The smallest absolute Gasteiger partial charge is 0.346 e. The van der Waals surface area contributed by atoms with Gasteiger partial charge < -0.3 is 9.72 Å². The van der Waals surface area contributed by atoms with Crippen LogP contribution in [0.4, 0.5) is 0 Å². The maximum absolute atomic E-state index is 12.0. The van der Waals surface area contributed by atoms with Crippen molar-refractivity contribution in [1.29, 1.82) is 0 Å². The van der Waals surface area contributed by atoms with Crippen LogP contribution >= 0.6 is 11.8 Å². The van der Waals surface area contributed by atoms with Crippen molar-refractivity contribution in [2.75, 3.05) is 6.61 Å². The van der Waals surface area contributed by atoms with Crippen LogP contribution < -0.4 is 5.69 Å². The number of ether oxygens (including phenoxy) is 1. The molecule has 1 aromatic heterocycles. The number of aromatic nitrogens is 2. The number of aromatic amines is 1. The van der Waals surface area contributed by atoms with E-state index < -0.39 is 11.7 Å². The maximum atomic E-state index is 12.0. The number of carbonyl (C=O) groups is 1. The first-order valence-electron chi connectivity index (χ1n) is 6.56. The van der Waals surface area contributed by atoms with E-state index in [4.69, 9.17) is 4.74 Å². The first kappa shape index (κ1) is 14.1. The molecule has 0 saturated heterocycles. The molecule has 0 radical (unpaired) electrons. The van der Waals surface area contributed by atoms with Gasteiger partial charge in [0.25, 0.3) is 0 Å². The zero-order valence-corrected chi connectivity index (χ0v) is 12.0. The lowest BCUT2D eigenvalue weighted by Crippen LogP contribution is -2.20. The number of aryl methyl sites for hydroxylation is 1. The molecule has 0 aliphatic heterocycles. The molecule has 0 aromatic carbocycles. The van der Waals surface area contributed by atoms with Crippen molar-refractivity contribution < 1.29 is 9.53 Å². The van der Waals surface area contributed by atoms with E-state index in [1.54, 1.807) is 13.8 Å². The van der Waals surface area contributed by atoms with E-state index in [1.165, 1.54) is 24.6 Å². The molecule has 1 N–H and O–H groups in total. The van der Waals surface area contributed by atoms with Gasteiger partial charge in [0, 0.05) is 10.9 Å². The molecule has 1 aliphatic carbocycles. The summed E-state index contributed by atoms with van der Waals surface area (Å²) in [7, 11) is 0. The Hall–Kier alpha value is -1.30. The first-order chi connectivity index (χ1) is 9.11. The van der Waals surface area contributed by atoms with Crippen molar-refractivity contribution in [3.05, 3.63) is 21.7 Å². The van der Waals surface area contributed by atoms with Crippen molar-refractivity contribution >= 4 is 17.7 Å². The second kappa shape index (κ2) is 6.23. The Morgan fingerprint density at radius 1 is 1.47 bits per heavy atom. The maximum Gasteiger partial charge on any atom is 0.346 e. The van der Waals surface area contributed by atoms with Crippen molar-refractivity contribution in [1.82, 2.24) is 9.97 Å². The SMILES string of the molecule is CCOC(=O)c1c(SC2CCCC2)nc(=O)[nH]c1C. The highest BCUT2D eigenvalue weighted by atomic mass is 32.2. The third-order valence-electron chi connectivity index (χ3n) is 3.15. The lowest BCUT2D eigenvalue weighted by molar-refractivity contribution is 0.0519. The minimum atomic E-state index is -0.413. The average molecular weight is 282 g/mol. The molecule has 1 heterocycles. The van der Waals surface area contributed by atoms with E-state index in [0.29, 0.717) is 28.1 Å². The molecule has 6 heteroatoms. The van der Waals surface area contributed by atoms with Crippen molar-refractivity contribution in [3.63, 3.8) is 0 Å². The van der Waals surface area contributed by atoms with Crippen LogP contribution in [0.25, 0.3) is 0 Å². The number of hydrogen-bond acceptors (Lipinski definition) is 5. The fourth-order valence-corrected chi connectivity index (χ4v) is 3.63. The highest BCUT2D eigenvalue weighted by Gasteiger charge is 2.23. The fourth-order valence-electron chi connectivity index (χ4n) is 2.25. The second-order valence-corrected chi connectivity index (χ2v) is 5.88. The molecule has 1 saturated carbocycles. The Morgan fingerprint density at radius 2 is 2.16 bits per heavy atom. The first-order valence-corrected chi connectivity index (χ1v) is 7.44. The van der Waals surface area contributed by atoms with E-state index in [2.05, 4.69) is 9.97 Å². The summed E-state index contributed by atoms with van der Waals surface area (Å²) in [6.07, 6.45) is 4.63. The molecule has 0 amide bonds. The lowest BCUT2D eigenvalue weighted by atomic mass is 10.2. The van der Waals surface area contributed by atoms with Crippen LogP contribution in [0.2, 0.25) is 0 Å². The Labute approximate surface area is 116 Å². The monoisotopic (exact) mass is 282 g/mol. The van der Waals surface area contributed by atoms with Crippen molar-refractivity contribution in [3.8, 4) is 0 Å².